The predicted octanol–water partition coefficient (Wildman–Crippen LogP) is -0.543. The van der Waals surface area contributed by atoms with Crippen LogP contribution in [0.3, 0.4) is 0 Å². The van der Waals surface area contributed by atoms with Gasteiger partial charge in [-0.2, -0.15) is 0 Å². The van der Waals surface area contributed by atoms with E-state index >= 15 is 0 Å². The van der Waals surface area contributed by atoms with E-state index in [0.717, 1.165) is 6.42 Å². The number of nitrogens with zero attached hydrogens (tertiary/aromatic N) is 1. The SMILES string of the molecule is CCCN(C(=O)NCCNCC(=O)O)[Si](OC)(OC)OC. The Morgan fingerprint density at radius 3 is 2.14 bits per heavy atom. The fraction of sp³-hybridized carbons (Fsp3) is 0.818. The van der Waals surface area contributed by atoms with E-state index in [0.29, 0.717) is 13.1 Å². The number of carbonyl (C=O) groups is 2. The van der Waals surface area contributed by atoms with Gasteiger partial charge < -0.3 is 29.0 Å². The minimum atomic E-state index is -3.21. The molecule has 0 rings (SSSR count). The smallest absolute Gasteiger partial charge is 0.480 e. The Labute approximate surface area is 126 Å². The van der Waals surface area contributed by atoms with Gasteiger partial charge in [0.2, 0.25) is 0 Å². The molecule has 0 aromatic carbocycles. The first-order valence-corrected chi connectivity index (χ1v) is 8.28. The van der Waals surface area contributed by atoms with Gasteiger partial charge in [-0.15, -0.1) is 0 Å². The van der Waals surface area contributed by atoms with Crippen LogP contribution in [0, 0.1) is 0 Å². The van der Waals surface area contributed by atoms with Crippen LogP contribution < -0.4 is 10.6 Å². The van der Waals surface area contributed by atoms with E-state index in [2.05, 4.69) is 10.6 Å². The molecule has 0 fully saturated rings. The van der Waals surface area contributed by atoms with Gasteiger partial charge in [0.1, 0.15) is 0 Å². The van der Waals surface area contributed by atoms with Gasteiger partial charge in [-0.3, -0.25) is 9.36 Å². The van der Waals surface area contributed by atoms with Crippen molar-refractivity contribution in [2.24, 2.45) is 0 Å². The van der Waals surface area contributed by atoms with E-state index in [1.807, 2.05) is 6.92 Å². The molecule has 0 aliphatic carbocycles. The van der Waals surface area contributed by atoms with Crippen molar-refractivity contribution in [2.45, 2.75) is 13.3 Å². The van der Waals surface area contributed by atoms with Crippen LogP contribution in [0.15, 0.2) is 0 Å². The van der Waals surface area contributed by atoms with Crippen molar-refractivity contribution in [2.75, 3.05) is 47.5 Å². The van der Waals surface area contributed by atoms with Gasteiger partial charge in [0.05, 0.1) is 6.54 Å². The number of hydrogen-bond acceptors (Lipinski definition) is 6. The van der Waals surface area contributed by atoms with Crippen molar-refractivity contribution in [1.82, 2.24) is 15.2 Å². The number of amides is 2. The molecule has 2 amide bonds. The highest BCUT2D eigenvalue weighted by atomic mass is 28.4. The number of carboxylic acid groups (broad SMARTS) is 1. The fourth-order valence-electron chi connectivity index (χ4n) is 1.72. The lowest BCUT2D eigenvalue weighted by Gasteiger charge is -2.34. The molecule has 0 aromatic heterocycles. The second-order valence-corrected chi connectivity index (χ2v) is 6.90. The summed E-state index contributed by atoms with van der Waals surface area (Å²) in [5, 5.41) is 13.8. The average molecular weight is 323 g/mol. The number of aliphatic carboxylic acids is 1. The van der Waals surface area contributed by atoms with Crippen molar-refractivity contribution in [3.63, 3.8) is 0 Å². The molecule has 0 aliphatic rings. The van der Waals surface area contributed by atoms with Crippen LogP contribution in [0.25, 0.3) is 0 Å². The largest absolute Gasteiger partial charge is 0.636 e. The Kier molecular flexibility index (Phi) is 9.91. The topological polar surface area (TPSA) is 109 Å². The Hall–Kier alpha value is -1.20. The number of nitrogens with one attached hydrogen (secondary N) is 2. The van der Waals surface area contributed by atoms with Crippen LogP contribution in [-0.2, 0) is 18.1 Å². The molecule has 0 saturated carbocycles. The van der Waals surface area contributed by atoms with Crippen molar-refractivity contribution >= 4 is 21.0 Å². The summed E-state index contributed by atoms with van der Waals surface area (Å²) in [7, 11) is 1.09. The van der Waals surface area contributed by atoms with Crippen LogP contribution >= 0.6 is 0 Å². The molecule has 0 aliphatic heterocycles. The molecule has 0 radical (unpaired) electrons. The number of rotatable bonds is 11. The summed E-state index contributed by atoms with van der Waals surface area (Å²) in [4.78, 5) is 22.6. The maximum atomic E-state index is 12.2. The summed E-state index contributed by atoms with van der Waals surface area (Å²) in [6, 6.07) is -0.369. The second-order valence-electron chi connectivity index (χ2n) is 4.09. The Balaban J connectivity index is 4.51. The number of hydrogen-bond donors (Lipinski definition) is 3. The second kappa shape index (κ2) is 10.5. The third-order valence-electron chi connectivity index (χ3n) is 2.65. The summed E-state index contributed by atoms with van der Waals surface area (Å²) < 4.78 is 17.3. The predicted molar refractivity (Wildman–Crippen MR) is 77.7 cm³/mol. The highest BCUT2D eigenvalue weighted by molar-refractivity contribution is 6.60. The van der Waals surface area contributed by atoms with Gasteiger partial charge in [0.15, 0.2) is 0 Å². The van der Waals surface area contributed by atoms with Crippen molar-refractivity contribution in [3.05, 3.63) is 0 Å². The Morgan fingerprint density at radius 1 is 1.14 bits per heavy atom. The van der Waals surface area contributed by atoms with Crippen molar-refractivity contribution < 1.29 is 28.0 Å². The molecule has 0 heterocycles. The third-order valence-corrected chi connectivity index (χ3v) is 5.29. The molecular formula is C11H25N3O6Si. The highest BCUT2D eigenvalue weighted by Gasteiger charge is 2.49. The third kappa shape index (κ3) is 6.40. The Bertz CT molecular complexity index is 319. The van der Waals surface area contributed by atoms with Crippen LogP contribution in [0.2, 0.25) is 0 Å². The first-order valence-electron chi connectivity index (χ1n) is 6.60. The van der Waals surface area contributed by atoms with Gasteiger partial charge >= 0.3 is 21.0 Å². The Morgan fingerprint density at radius 2 is 1.71 bits per heavy atom. The summed E-state index contributed by atoms with van der Waals surface area (Å²) in [5.41, 5.74) is 0. The van der Waals surface area contributed by atoms with E-state index in [4.69, 9.17) is 18.4 Å². The minimum absolute atomic E-state index is 0.151. The van der Waals surface area contributed by atoms with Gasteiger partial charge in [-0.1, -0.05) is 6.92 Å². The maximum Gasteiger partial charge on any atom is 0.636 e. The van der Waals surface area contributed by atoms with E-state index in [1.54, 1.807) is 0 Å². The van der Waals surface area contributed by atoms with Crippen LogP contribution in [-0.4, -0.2) is 78.1 Å². The molecule has 9 nitrogen and oxygen atoms in total. The molecule has 0 saturated heterocycles. The lowest BCUT2D eigenvalue weighted by atomic mass is 10.5. The van der Waals surface area contributed by atoms with Crippen LogP contribution in [0.4, 0.5) is 4.79 Å². The van der Waals surface area contributed by atoms with Gasteiger partial charge in [-0.25, -0.2) is 4.79 Å². The van der Waals surface area contributed by atoms with Crippen molar-refractivity contribution in [1.29, 1.82) is 0 Å². The zero-order valence-electron chi connectivity index (χ0n) is 13.0. The van der Waals surface area contributed by atoms with E-state index in [9.17, 15) is 9.59 Å². The quantitative estimate of drug-likeness (QED) is 0.346. The zero-order chi connectivity index (χ0) is 16.3. The normalized spacial score (nSPS) is 11.2. The summed E-state index contributed by atoms with van der Waals surface area (Å²) in [6.45, 7) is 2.83. The lowest BCUT2D eigenvalue weighted by molar-refractivity contribution is -0.135. The van der Waals surface area contributed by atoms with E-state index in [1.165, 1.54) is 25.9 Å². The van der Waals surface area contributed by atoms with Crippen molar-refractivity contribution in [3.8, 4) is 0 Å². The number of carbonyl (C=O) groups excluding carboxylic acids is 1. The van der Waals surface area contributed by atoms with E-state index < -0.39 is 14.9 Å². The standard InChI is InChI=1S/C11H25N3O6Si/c1-5-8-14(21(18-2,19-3)20-4)11(17)13-7-6-12-9-10(15)16/h12H,5-9H2,1-4H3,(H,13,17)(H,15,16). The molecule has 0 aromatic rings. The summed E-state index contributed by atoms with van der Waals surface area (Å²) in [5.74, 6) is -0.946. The molecule has 3 N–H and O–H groups in total. The minimum Gasteiger partial charge on any atom is -0.480 e. The number of carboxylic acids is 1. The molecule has 124 valence electrons. The molecule has 0 unspecified atom stereocenters. The molecule has 0 spiro atoms. The average Bonchev–Trinajstić information content (AvgIpc) is 2.47. The fourth-order valence-corrected chi connectivity index (χ4v) is 3.70. The van der Waals surface area contributed by atoms with Gasteiger partial charge in [0.25, 0.3) is 0 Å². The first kappa shape index (κ1) is 19.8. The molecule has 10 heteroatoms. The molecular weight excluding hydrogens is 298 g/mol. The number of urea groups is 1. The van der Waals surface area contributed by atoms with Gasteiger partial charge in [0, 0.05) is 41.0 Å². The lowest BCUT2D eigenvalue weighted by Crippen LogP contribution is -2.64. The maximum absolute atomic E-state index is 12.2. The molecule has 21 heavy (non-hydrogen) atoms. The highest BCUT2D eigenvalue weighted by Crippen LogP contribution is 2.13. The summed E-state index contributed by atoms with van der Waals surface area (Å²) >= 11 is 0. The van der Waals surface area contributed by atoms with E-state index in [-0.39, 0.29) is 19.1 Å². The monoisotopic (exact) mass is 323 g/mol. The first-order chi connectivity index (χ1) is 9.97. The summed E-state index contributed by atoms with van der Waals surface area (Å²) in [6.07, 6.45) is 0.718. The van der Waals surface area contributed by atoms with Crippen LogP contribution in [0.1, 0.15) is 13.3 Å². The zero-order valence-corrected chi connectivity index (χ0v) is 14.0. The molecule has 0 atom stereocenters. The molecule has 0 bridgehead atoms. The van der Waals surface area contributed by atoms with Crippen LogP contribution in [0.5, 0.6) is 0 Å². The van der Waals surface area contributed by atoms with Gasteiger partial charge in [-0.05, 0) is 6.42 Å².